The maximum atomic E-state index is 4.92. The van der Waals surface area contributed by atoms with Gasteiger partial charge in [-0.1, -0.05) is 37.1 Å². The molecule has 3 nitrogen and oxygen atoms in total. The third kappa shape index (κ3) is 1.84. The predicted octanol–water partition coefficient (Wildman–Crippen LogP) is 4.02. The van der Waals surface area contributed by atoms with Gasteiger partial charge in [0.15, 0.2) is 0 Å². The molecule has 2 atom stereocenters. The van der Waals surface area contributed by atoms with Crippen LogP contribution < -0.4 is 5.32 Å². The molecule has 0 radical (unpaired) electrons. The molecule has 1 aromatic carbocycles. The number of nitrogens with one attached hydrogen (secondary N) is 1. The lowest BCUT2D eigenvalue weighted by Crippen LogP contribution is -2.34. The van der Waals surface area contributed by atoms with Crippen LogP contribution in [0, 0.1) is 12.8 Å². The molecule has 1 aliphatic carbocycles. The number of aryl methyl sites for hydroxylation is 1. The van der Waals surface area contributed by atoms with E-state index >= 15 is 0 Å². The van der Waals surface area contributed by atoms with Gasteiger partial charge in [0.1, 0.15) is 5.82 Å². The van der Waals surface area contributed by atoms with Gasteiger partial charge in [-0.2, -0.15) is 5.10 Å². The van der Waals surface area contributed by atoms with E-state index in [9.17, 15) is 0 Å². The van der Waals surface area contributed by atoms with Crippen LogP contribution >= 0.6 is 0 Å². The highest BCUT2D eigenvalue weighted by Gasteiger charge is 2.32. The van der Waals surface area contributed by atoms with Crippen LogP contribution in [0.1, 0.15) is 37.3 Å². The van der Waals surface area contributed by atoms with Crippen molar-refractivity contribution in [2.24, 2.45) is 5.92 Å². The van der Waals surface area contributed by atoms with Crippen LogP contribution in [0.5, 0.6) is 0 Å². The number of rotatable bonds is 1. The topological polar surface area (TPSA) is 29.9 Å². The van der Waals surface area contributed by atoms with E-state index in [0.717, 1.165) is 18.2 Å². The standard InChI is InChI=1S/C17H21N3/c1-12-6-2-4-8-14(12)15-10-17-18-11-13-7-3-5-9-16(13)20(17)19-15/h2,4,6,8,10,13,16,18H,3,5,7,9,11H2,1H3. The van der Waals surface area contributed by atoms with Crippen molar-refractivity contribution in [3.8, 4) is 11.3 Å². The average molecular weight is 267 g/mol. The molecule has 3 heteroatoms. The molecule has 104 valence electrons. The van der Waals surface area contributed by atoms with Gasteiger partial charge in [-0.25, -0.2) is 4.68 Å². The average Bonchev–Trinajstić information content (AvgIpc) is 2.92. The molecular weight excluding hydrogens is 246 g/mol. The molecule has 4 rings (SSSR count). The van der Waals surface area contributed by atoms with Gasteiger partial charge >= 0.3 is 0 Å². The van der Waals surface area contributed by atoms with E-state index in [1.807, 2.05) is 0 Å². The summed E-state index contributed by atoms with van der Waals surface area (Å²) in [6.45, 7) is 3.27. The predicted molar refractivity (Wildman–Crippen MR) is 81.9 cm³/mol. The van der Waals surface area contributed by atoms with Crippen LogP contribution in [0.25, 0.3) is 11.3 Å². The highest BCUT2D eigenvalue weighted by atomic mass is 15.4. The second-order valence-electron chi connectivity index (χ2n) is 6.17. The number of anilines is 1. The minimum absolute atomic E-state index is 0.609. The third-order valence-electron chi connectivity index (χ3n) is 4.89. The maximum absolute atomic E-state index is 4.92. The van der Waals surface area contributed by atoms with Crippen LogP contribution in [0.15, 0.2) is 30.3 Å². The van der Waals surface area contributed by atoms with Crippen molar-refractivity contribution in [1.29, 1.82) is 0 Å². The lowest BCUT2D eigenvalue weighted by atomic mass is 9.83. The minimum Gasteiger partial charge on any atom is -0.370 e. The van der Waals surface area contributed by atoms with Crippen LogP contribution in [0.4, 0.5) is 5.82 Å². The fourth-order valence-electron chi connectivity index (χ4n) is 3.76. The van der Waals surface area contributed by atoms with Crippen molar-refractivity contribution in [3.63, 3.8) is 0 Å². The number of benzene rings is 1. The Balaban J connectivity index is 1.76. The minimum atomic E-state index is 0.609. The Bertz CT molecular complexity index is 629. The molecule has 1 aliphatic heterocycles. The molecular formula is C17H21N3. The number of hydrogen-bond donors (Lipinski definition) is 1. The van der Waals surface area contributed by atoms with Crippen molar-refractivity contribution in [2.75, 3.05) is 11.9 Å². The molecule has 0 bridgehead atoms. The second kappa shape index (κ2) is 4.65. The van der Waals surface area contributed by atoms with E-state index in [0.29, 0.717) is 6.04 Å². The zero-order valence-electron chi connectivity index (χ0n) is 12.0. The highest BCUT2D eigenvalue weighted by Crippen LogP contribution is 2.40. The zero-order valence-corrected chi connectivity index (χ0v) is 12.0. The molecule has 1 saturated carbocycles. The SMILES string of the molecule is Cc1ccccc1-c1cc2n(n1)C1CCCCC1CN2. The Kier molecular flexibility index (Phi) is 2.79. The van der Waals surface area contributed by atoms with Gasteiger partial charge in [0, 0.05) is 18.2 Å². The van der Waals surface area contributed by atoms with E-state index < -0.39 is 0 Å². The normalized spacial score (nSPS) is 24.6. The molecule has 2 aliphatic rings. The Hall–Kier alpha value is -1.77. The van der Waals surface area contributed by atoms with Crippen molar-refractivity contribution >= 4 is 5.82 Å². The second-order valence-corrected chi connectivity index (χ2v) is 6.17. The summed E-state index contributed by atoms with van der Waals surface area (Å²) in [5.41, 5.74) is 3.66. The van der Waals surface area contributed by atoms with Gasteiger partial charge < -0.3 is 5.32 Å². The molecule has 2 heterocycles. The molecule has 0 spiro atoms. The van der Waals surface area contributed by atoms with Crippen molar-refractivity contribution in [3.05, 3.63) is 35.9 Å². The van der Waals surface area contributed by atoms with E-state index in [1.54, 1.807) is 0 Å². The Labute approximate surface area is 120 Å². The van der Waals surface area contributed by atoms with E-state index in [1.165, 1.54) is 42.6 Å². The molecule has 1 fully saturated rings. The first-order chi connectivity index (χ1) is 9.83. The van der Waals surface area contributed by atoms with Gasteiger partial charge in [-0.05, 0) is 31.2 Å². The van der Waals surface area contributed by atoms with Crippen LogP contribution in [0.2, 0.25) is 0 Å². The summed E-state index contributed by atoms with van der Waals surface area (Å²) in [6, 6.07) is 11.3. The first-order valence-electron chi connectivity index (χ1n) is 7.72. The summed E-state index contributed by atoms with van der Waals surface area (Å²) in [5.74, 6) is 1.97. The monoisotopic (exact) mass is 267 g/mol. The number of fused-ring (bicyclic) bond motifs is 3. The maximum Gasteiger partial charge on any atom is 0.125 e. The van der Waals surface area contributed by atoms with Crippen molar-refractivity contribution in [2.45, 2.75) is 38.6 Å². The summed E-state index contributed by atoms with van der Waals surface area (Å²) in [5, 5.41) is 8.49. The fourth-order valence-corrected chi connectivity index (χ4v) is 3.76. The number of aromatic nitrogens is 2. The summed E-state index contributed by atoms with van der Waals surface area (Å²) in [4.78, 5) is 0. The van der Waals surface area contributed by atoms with Crippen LogP contribution in [-0.4, -0.2) is 16.3 Å². The van der Waals surface area contributed by atoms with Gasteiger partial charge in [-0.3, -0.25) is 0 Å². The molecule has 2 unspecified atom stereocenters. The Morgan fingerprint density at radius 3 is 2.95 bits per heavy atom. The Morgan fingerprint density at radius 1 is 1.20 bits per heavy atom. The summed E-state index contributed by atoms with van der Waals surface area (Å²) >= 11 is 0. The first-order valence-corrected chi connectivity index (χ1v) is 7.72. The van der Waals surface area contributed by atoms with Crippen LogP contribution in [-0.2, 0) is 0 Å². The summed E-state index contributed by atoms with van der Waals surface area (Å²) in [7, 11) is 0. The van der Waals surface area contributed by atoms with E-state index in [4.69, 9.17) is 5.10 Å². The molecule has 0 saturated heterocycles. The summed E-state index contributed by atoms with van der Waals surface area (Å²) in [6.07, 6.45) is 5.36. The van der Waals surface area contributed by atoms with Crippen molar-refractivity contribution < 1.29 is 0 Å². The zero-order chi connectivity index (χ0) is 13.5. The molecule has 0 amide bonds. The lowest BCUT2D eigenvalue weighted by Gasteiger charge is -2.36. The molecule has 1 N–H and O–H groups in total. The Morgan fingerprint density at radius 2 is 2.05 bits per heavy atom. The summed E-state index contributed by atoms with van der Waals surface area (Å²) < 4.78 is 2.26. The van der Waals surface area contributed by atoms with E-state index in [-0.39, 0.29) is 0 Å². The van der Waals surface area contributed by atoms with Gasteiger partial charge in [0.05, 0.1) is 11.7 Å². The molecule has 2 aromatic rings. The fraction of sp³-hybridized carbons (Fsp3) is 0.471. The van der Waals surface area contributed by atoms with Gasteiger partial charge in [-0.15, -0.1) is 0 Å². The van der Waals surface area contributed by atoms with E-state index in [2.05, 4.69) is 47.3 Å². The van der Waals surface area contributed by atoms with Crippen LogP contribution in [0.3, 0.4) is 0 Å². The molecule has 1 aromatic heterocycles. The highest BCUT2D eigenvalue weighted by molar-refractivity contribution is 5.66. The van der Waals surface area contributed by atoms with Crippen molar-refractivity contribution in [1.82, 2.24) is 9.78 Å². The largest absolute Gasteiger partial charge is 0.370 e. The molecule has 20 heavy (non-hydrogen) atoms. The van der Waals surface area contributed by atoms with Gasteiger partial charge in [0.2, 0.25) is 0 Å². The lowest BCUT2D eigenvalue weighted by molar-refractivity contribution is 0.223. The number of hydrogen-bond acceptors (Lipinski definition) is 2. The third-order valence-corrected chi connectivity index (χ3v) is 4.89. The smallest absolute Gasteiger partial charge is 0.125 e. The first kappa shape index (κ1) is 12.0. The quantitative estimate of drug-likeness (QED) is 0.846. The van der Waals surface area contributed by atoms with Gasteiger partial charge in [0.25, 0.3) is 0 Å². The number of nitrogens with zero attached hydrogens (tertiary/aromatic N) is 2.